The van der Waals surface area contributed by atoms with Crippen molar-refractivity contribution in [2.45, 2.75) is 31.1 Å². The fraction of sp³-hybridized carbons (Fsp3) is 0.364. The summed E-state index contributed by atoms with van der Waals surface area (Å²) in [4.78, 5) is 52.8. The molecule has 3 atom stereocenters. The summed E-state index contributed by atoms with van der Waals surface area (Å²) in [5.74, 6) is 0. The van der Waals surface area contributed by atoms with E-state index in [9.17, 15) is 14.2 Å². The third-order valence-corrected chi connectivity index (χ3v) is 6.65. The van der Waals surface area contributed by atoms with Crippen LogP contribution in [0.5, 0.6) is 0 Å². The first kappa shape index (κ1) is 24.2. The smallest absolute Gasteiger partial charge is 0.453 e. The van der Waals surface area contributed by atoms with E-state index in [-0.39, 0.29) is 19.2 Å². The Hall–Kier alpha value is -3.51. The van der Waals surface area contributed by atoms with Crippen LogP contribution >= 0.6 is 7.82 Å². The number of hydrogen-bond acceptors (Lipinski definition) is 9. The molecule has 1 unspecified atom stereocenters. The summed E-state index contributed by atoms with van der Waals surface area (Å²) in [6.45, 7) is -0.124. The van der Waals surface area contributed by atoms with Crippen molar-refractivity contribution in [2.24, 2.45) is 5.16 Å². The number of aromatic nitrogens is 1. The number of fused-ring (bicyclic) bond motifs is 3. The number of pyridine rings is 1. The van der Waals surface area contributed by atoms with Gasteiger partial charge >= 0.3 is 20.0 Å². The highest BCUT2D eigenvalue weighted by Gasteiger charge is 2.47. The highest BCUT2D eigenvalue weighted by molar-refractivity contribution is 7.46. The second-order valence-electron chi connectivity index (χ2n) is 8.47. The Morgan fingerprint density at radius 1 is 1.25 bits per heavy atom. The molecule has 2 amide bonds. The van der Waals surface area contributed by atoms with Gasteiger partial charge in [0.25, 0.3) is 0 Å². The molecule has 14 heteroatoms. The summed E-state index contributed by atoms with van der Waals surface area (Å²) < 4.78 is 25.4. The van der Waals surface area contributed by atoms with Crippen LogP contribution in [0.15, 0.2) is 41.7 Å². The number of nitrogens with zero attached hydrogens (tertiary/aromatic N) is 3. The Bertz CT molecular complexity index is 1260. The van der Waals surface area contributed by atoms with Crippen LogP contribution in [0.2, 0.25) is 0 Å². The number of carbonyl (C=O) groups excluding carboxylic acids is 2. The second kappa shape index (κ2) is 9.51. The summed E-state index contributed by atoms with van der Waals surface area (Å²) >= 11 is 0. The van der Waals surface area contributed by atoms with Crippen LogP contribution in [-0.4, -0.2) is 71.2 Å². The number of phosphoric acid groups is 1. The largest absolute Gasteiger partial charge is 0.469 e. The standard InChI is InChI=1S/C22H23N4O9P/c1-32-21(27)24-10-20-19-7-14-6-12(3-5-18(14)26(19)22(28)34-20)13-2-4-16(23-9-13)17-8-15(35-25-17)11-33-36(29,30)31/h2-6,9,15,19-20H,7-8,10-11H2,1H3,(H,24,27)(H2,29,30,31)/t15?,19-,20-/m0/s1. The molecule has 36 heavy (non-hydrogen) atoms. The molecule has 0 radical (unpaired) electrons. The first-order valence-corrected chi connectivity index (χ1v) is 12.6. The van der Waals surface area contributed by atoms with Crippen molar-refractivity contribution in [2.75, 3.05) is 25.2 Å². The lowest BCUT2D eigenvalue weighted by Crippen LogP contribution is -2.40. The highest BCUT2D eigenvalue weighted by Crippen LogP contribution is 2.40. The molecule has 1 saturated heterocycles. The van der Waals surface area contributed by atoms with Crippen molar-refractivity contribution in [3.63, 3.8) is 0 Å². The number of methoxy groups -OCH3 is 1. The number of hydrogen-bond donors (Lipinski definition) is 3. The minimum absolute atomic E-state index is 0.158. The predicted molar refractivity (Wildman–Crippen MR) is 124 cm³/mol. The normalized spacial score (nSPS) is 22.4. The molecule has 1 aromatic carbocycles. The number of anilines is 1. The van der Waals surface area contributed by atoms with Gasteiger partial charge in [-0.2, -0.15) is 0 Å². The van der Waals surface area contributed by atoms with Crippen LogP contribution in [0.4, 0.5) is 15.3 Å². The van der Waals surface area contributed by atoms with Crippen LogP contribution in [0.1, 0.15) is 17.7 Å². The average molecular weight is 518 g/mol. The lowest BCUT2D eigenvalue weighted by atomic mass is 10.00. The van der Waals surface area contributed by atoms with Crippen LogP contribution in [-0.2, 0) is 29.8 Å². The summed E-state index contributed by atoms with van der Waals surface area (Å²) in [5.41, 5.74) is 4.69. The molecule has 0 aliphatic carbocycles. The minimum Gasteiger partial charge on any atom is -0.453 e. The van der Waals surface area contributed by atoms with Crippen molar-refractivity contribution in [3.8, 4) is 11.1 Å². The molecular weight excluding hydrogens is 495 g/mol. The SMILES string of the molecule is COC(=O)NC[C@@H]1OC(=O)N2c3ccc(-c4ccc(C5=NOC(COP(=O)(O)O)C5)nc4)cc3C[C@@H]12. The topological polar surface area (TPSA) is 169 Å². The van der Waals surface area contributed by atoms with E-state index in [2.05, 4.69) is 24.7 Å². The summed E-state index contributed by atoms with van der Waals surface area (Å²) in [6, 6.07) is 9.24. The van der Waals surface area contributed by atoms with E-state index in [0.717, 1.165) is 22.4 Å². The Labute approximate surface area is 205 Å². The molecule has 190 valence electrons. The first-order valence-electron chi connectivity index (χ1n) is 11.1. The maximum absolute atomic E-state index is 12.5. The predicted octanol–water partition coefficient (Wildman–Crippen LogP) is 1.96. The van der Waals surface area contributed by atoms with Gasteiger partial charge in [-0.25, -0.2) is 14.2 Å². The fourth-order valence-corrected chi connectivity index (χ4v) is 4.83. The zero-order chi connectivity index (χ0) is 25.4. The molecule has 1 fully saturated rings. The number of alkyl carbamates (subject to hydrolysis) is 1. The van der Waals surface area contributed by atoms with Gasteiger partial charge in [0.05, 0.1) is 37.7 Å². The summed E-state index contributed by atoms with van der Waals surface area (Å²) in [7, 11) is -3.30. The molecular formula is C22H23N4O9P. The maximum atomic E-state index is 12.5. The molecule has 5 rings (SSSR count). The van der Waals surface area contributed by atoms with Crippen molar-refractivity contribution >= 4 is 31.4 Å². The van der Waals surface area contributed by atoms with Crippen LogP contribution in [0.25, 0.3) is 11.1 Å². The first-order chi connectivity index (χ1) is 17.2. The number of ether oxygens (including phenoxy) is 2. The fourth-order valence-electron chi connectivity index (χ4n) is 4.47. The van der Waals surface area contributed by atoms with Crippen molar-refractivity contribution in [3.05, 3.63) is 47.8 Å². The number of carbonyl (C=O) groups is 2. The number of amides is 2. The number of cyclic esters (lactones) is 1. The molecule has 3 aliphatic heterocycles. The molecule has 3 N–H and O–H groups in total. The van der Waals surface area contributed by atoms with Crippen molar-refractivity contribution in [1.29, 1.82) is 0 Å². The zero-order valence-electron chi connectivity index (χ0n) is 19.1. The molecule has 0 bridgehead atoms. The zero-order valence-corrected chi connectivity index (χ0v) is 20.0. The van der Waals surface area contributed by atoms with E-state index in [4.69, 9.17) is 19.4 Å². The quantitative estimate of drug-likeness (QED) is 0.461. The lowest BCUT2D eigenvalue weighted by molar-refractivity contribution is 0.0364. The number of benzene rings is 1. The van der Waals surface area contributed by atoms with E-state index >= 15 is 0 Å². The van der Waals surface area contributed by atoms with Crippen molar-refractivity contribution in [1.82, 2.24) is 10.3 Å². The van der Waals surface area contributed by atoms with Gasteiger partial charge in [-0.05, 0) is 35.7 Å². The van der Waals surface area contributed by atoms with Crippen molar-refractivity contribution < 1.29 is 42.8 Å². The Morgan fingerprint density at radius 2 is 2.06 bits per heavy atom. The molecule has 3 aliphatic rings. The molecule has 13 nitrogen and oxygen atoms in total. The highest BCUT2D eigenvalue weighted by atomic mass is 31.2. The van der Waals surface area contributed by atoms with Crippen LogP contribution in [0, 0.1) is 0 Å². The summed E-state index contributed by atoms with van der Waals surface area (Å²) in [6.07, 6.45) is 0.478. The Morgan fingerprint density at radius 3 is 2.78 bits per heavy atom. The van der Waals surface area contributed by atoms with Gasteiger partial charge in [-0.15, -0.1) is 0 Å². The number of oxime groups is 1. The second-order valence-corrected chi connectivity index (χ2v) is 9.71. The molecule has 4 heterocycles. The Kier molecular flexibility index (Phi) is 6.39. The van der Waals surface area contributed by atoms with Gasteiger partial charge in [0.2, 0.25) is 0 Å². The van der Waals surface area contributed by atoms with Gasteiger partial charge in [0, 0.05) is 18.2 Å². The monoisotopic (exact) mass is 518 g/mol. The lowest BCUT2D eigenvalue weighted by Gasteiger charge is -2.16. The average Bonchev–Trinajstić information content (AvgIpc) is 3.56. The third-order valence-electron chi connectivity index (χ3n) is 6.16. The Balaban J connectivity index is 1.25. The van der Waals surface area contributed by atoms with Crippen LogP contribution in [0.3, 0.4) is 0 Å². The van der Waals surface area contributed by atoms with E-state index in [1.165, 1.54) is 7.11 Å². The molecule has 1 aromatic heterocycles. The number of nitrogens with one attached hydrogen (secondary N) is 1. The van der Waals surface area contributed by atoms with Gasteiger partial charge in [-0.1, -0.05) is 17.3 Å². The van der Waals surface area contributed by atoms with Crippen LogP contribution < -0.4 is 10.2 Å². The van der Waals surface area contributed by atoms with E-state index in [1.54, 1.807) is 17.2 Å². The van der Waals surface area contributed by atoms with E-state index in [0.29, 0.717) is 24.2 Å². The molecule has 0 spiro atoms. The van der Waals surface area contributed by atoms with E-state index < -0.39 is 32.2 Å². The maximum Gasteiger partial charge on any atom is 0.469 e. The molecule has 0 saturated carbocycles. The van der Waals surface area contributed by atoms with Gasteiger partial charge in [0.15, 0.2) is 6.10 Å². The number of phosphoric ester groups is 1. The van der Waals surface area contributed by atoms with Gasteiger partial charge in [0.1, 0.15) is 11.8 Å². The molecule has 2 aromatic rings. The van der Waals surface area contributed by atoms with Gasteiger partial charge in [-0.3, -0.25) is 14.4 Å². The minimum atomic E-state index is -4.58. The summed E-state index contributed by atoms with van der Waals surface area (Å²) in [5, 5.41) is 6.54. The number of rotatable bonds is 7. The van der Waals surface area contributed by atoms with Gasteiger partial charge < -0.3 is 29.4 Å². The van der Waals surface area contributed by atoms with E-state index in [1.807, 2.05) is 24.3 Å². The third kappa shape index (κ3) is 4.91.